The second-order valence-electron chi connectivity index (χ2n) is 10.3. The van der Waals surface area contributed by atoms with Gasteiger partial charge in [0.1, 0.15) is 12.1 Å². The summed E-state index contributed by atoms with van der Waals surface area (Å²) in [6.45, 7) is -0.480. The first-order valence-electron chi connectivity index (χ1n) is 14.2. The molecule has 5 rings (SSSR count). The summed E-state index contributed by atoms with van der Waals surface area (Å²) in [5.74, 6) is 0. The summed E-state index contributed by atoms with van der Waals surface area (Å²) in [6, 6.07) is 17.6. The molecule has 3 heterocycles. The van der Waals surface area contributed by atoms with Crippen molar-refractivity contribution in [2.45, 2.75) is 49.1 Å². The Bertz CT molecular complexity index is 1880. The third-order valence-electron chi connectivity index (χ3n) is 6.66. The predicted octanol–water partition coefficient (Wildman–Crippen LogP) is 3.21. The first-order chi connectivity index (χ1) is 23.2. The molecule has 0 bridgehead atoms. The molecule has 0 fully saturated rings. The summed E-state index contributed by atoms with van der Waals surface area (Å²) in [5, 5.41) is 28.8. The van der Waals surface area contributed by atoms with E-state index in [4.69, 9.17) is 25.1 Å². The van der Waals surface area contributed by atoms with Crippen LogP contribution in [0.4, 0.5) is 24.0 Å². The Morgan fingerprint density at radius 2 is 1.80 bits per heavy atom. The highest BCUT2D eigenvalue weighted by atomic mass is 32.2. The number of benzene rings is 2. The SMILES string of the molecule is Nc1nc2ccc(S(=O)(=O)N(Cc3ccccn3)CC(O)C(Cc3ccccc3)NC(=O)OCc3cncs3)cc2o1.OC(O)C(F)(F)F. The standard InChI is InChI=1S/C28H28N6O6S2.C2H3F3O2/c29-27-32-23-10-9-22(13-26(23)40-27)42(37,38)34(15-20-8-4-5-11-31-20)16-25(35)24(12-19-6-2-1-3-7-19)33-28(36)39-17-21-14-30-18-41-21;3-2(4,5)1(6)7/h1-11,13-14,18,24-25,35H,12,15-17H2,(H2,29,32)(H,33,36);1,6-7H. The summed E-state index contributed by atoms with van der Waals surface area (Å²) in [7, 11) is -4.20. The fourth-order valence-electron chi connectivity index (χ4n) is 4.28. The van der Waals surface area contributed by atoms with Gasteiger partial charge in [-0.15, -0.1) is 11.3 Å². The number of carbonyl (C=O) groups excluding carboxylic acids is 1. The number of amides is 1. The van der Waals surface area contributed by atoms with E-state index in [-0.39, 0.29) is 42.6 Å². The molecular formula is C30H31F3N6O8S2. The maximum Gasteiger partial charge on any atom is 0.439 e. The van der Waals surface area contributed by atoms with Gasteiger partial charge in [-0.2, -0.15) is 22.5 Å². The fourth-order valence-corrected chi connectivity index (χ4v) is 6.23. The molecule has 3 aromatic heterocycles. The Labute approximate surface area is 281 Å². The molecule has 1 amide bonds. The average molecular weight is 725 g/mol. The number of aliphatic hydroxyl groups is 3. The molecule has 5 aromatic rings. The molecule has 262 valence electrons. The zero-order valence-corrected chi connectivity index (χ0v) is 27.0. The molecule has 2 unspecified atom stereocenters. The minimum absolute atomic E-state index is 0.0134. The lowest BCUT2D eigenvalue weighted by atomic mass is 10.0. The van der Waals surface area contributed by atoms with Crippen molar-refractivity contribution in [3.05, 3.63) is 101 Å². The molecule has 19 heteroatoms. The van der Waals surface area contributed by atoms with Crippen LogP contribution in [0.2, 0.25) is 0 Å². The Morgan fingerprint density at radius 3 is 2.43 bits per heavy atom. The van der Waals surface area contributed by atoms with E-state index >= 15 is 0 Å². The molecule has 0 aliphatic carbocycles. The van der Waals surface area contributed by atoms with Gasteiger partial charge in [-0.3, -0.25) is 9.97 Å². The highest BCUT2D eigenvalue weighted by molar-refractivity contribution is 7.89. The van der Waals surface area contributed by atoms with E-state index < -0.39 is 40.7 Å². The Morgan fingerprint density at radius 1 is 1.08 bits per heavy atom. The molecule has 49 heavy (non-hydrogen) atoms. The number of hydrogen-bond acceptors (Lipinski definition) is 13. The number of fused-ring (bicyclic) bond motifs is 1. The van der Waals surface area contributed by atoms with Crippen molar-refractivity contribution in [2.75, 3.05) is 12.3 Å². The van der Waals surface area contributed by atoms with Crippen molar-refractivity contribution in [2.24, 2.45) is 0 Å². The van der Waals surface area contributed by atoms with E-state index in [2.05, 4.69) is 20.3 Å². The first kappa shape index (κ1) is 37.2. The van der Waals surface area contributed by atoms with Gasteiger partial charge in [0.05, 0.1) is 39.7 Å². The number of nitrogens with two attached hydrogens (primary N) is 1. The van der Waals surface area contributed by atoms with Crippen molar-refractivity contribution in [1.29, 1.82) is 0 Å². The fraction of sp³-hybridized carbons (Fsp3) is 0.267. The number of hydrogen-bond donors (Lipinski definition) is 5. The molecule has 2 aromatic carbocycles. The lowest BCUT2D eigenvalue weighted by molar-refractivity contribution is -0.275. The van der Waals surface area contributed by atoms with Gasteiger partial charge < -0.3 is 35.5 Å². The minimum Gasteiger partial charge on any atom is -0.444 e. The van der Waals surface area contributed by atoms with Crippen LogP contribution >= 0.6 is 11.3 Å². The van der Waals surface area contributed by atoms with E-state index in [1.54, 1.807) is 36.1 Å². The van der Waals surface area contributed by atoms with E-state index in [1.807, 2.05) is 30.3 Å². The molecule has 0 spiro atoms. The average Bonchev–Trinajstić information content (AvgIpc) is 3.72. The number of nitrogen functional groups attached to an aromatic ring is 1. The number of alkyl carbamates (subject to hydrolysis) is 1. The predicted molar refractivity (Wildman–Crippen MR) is 170 cm³/mol. The zero-order valence-electron chi connectivity index (χ0n) is 25.3. The summed E-state index contributed by atoms with van der Waals surface area (Å²) in [4.78, 5) is 25.7. The van der Waals surface area contributed by atoms with E-state index in [1.165, 1.54) is 29.5 Å². The van der Waals surface area contributed by atoms with Crippen molar-refractivity contribution in [3.8, 4) is 0 Å². The van der Waals surface area contributed by atoms with Gasteiger partial charge in [-0.25, -0.2) is 13.2 Å². The topological polar surface area (TPSA) is 214 Å². The number of pyridine rings is 1. The van der Waals surface area contributed by atoms with Crippen LogP contribution in [0, 0.1) is 0 Å². The monoisotopic (exact) mass is 724 g/mol. The highest BCUT2D eigenvalue weighted by Gasteiger charge is 2.36. The maximum atomic E-state index is 13.9. The van der Waals surface area contributed by atoms with Crippen LogP contribution in [0.1, 0.15) is 16.1 Å². The molecular weight excluding hydrogens is 693 g/mol. The number of nitrogens with one attached hydrogen (secondary N) is 1. The second-order valence-corrected chi connectivity index (χ2v) is 13.2. The number of aromatic nitrogens is 3. The van der Waals surface area contributed by atoms with Crippen LogP contribution < -0.4 is 11.1 Å². The molecule has 0 aliphatic heterocycles. The number of thiazole rings is 1. The Kier molecular flexibility index (Phi) is 12.6. The van der Waals surface area contributed by atoms with E-state index in [9.17, 15) is 31.5 Å². The van der Waals surface area contributed by atoms with Gasteiger partial charge in [0.2, 0.25) is 10.0 Å². The number of halogens is 3. The molecule has 0 saturated carbocycles. The van der Waals surface area contributed by atoms with Gasteiger partial charge >= 0.3 is 12.3 Å². The van der Waals surface area contributed by atoms with Gasteiger partial charge in [-0.1, -0.05) is 36.4 Å². The van der Waals surface area contributed by atoms with Crippen molar-refractivity contribution in [1.82, 2.24) is 24.6 Å². The third-order valence-corrected chi connectivity index (χ3v) is 9.22. The number of alkyl halides is 3. The Hall–Kier alpha value is -4.66. The summed E-state index contributed by atoms with van der Waals surface area (Å²) in [6.07, 6.45) is -6.80. The summed E-state index contributed by atoms with van der Waals surface area (Å²) < 4.78 is 71.7. The van der Waals surface area contributed by atoms with Gasteiger partial charge in [0.25, 0.3) is 12.3 Å². The molecule has 0 aliphatic rings. The normalized spacial score (nSPS) is 13.1. The van der Waals surface area contributed by atoms with Crippen LogP contribution in [0.5, 0.6) is 0 Å². The molecule has 6 N–H and O–H groups in total. The van der Waals surface area contributed by atoms with Gasteiger partial charge in [0, 0.05) is 25.0 Å². The highest BCUT2D eigenvalue weighted by Crippen LogP contribution is 2.25. The number of oxazole rings is 1. The maximum absolute atomic E-state index is 13.9. The second kappa shape index (κ2) is 16.6. The number of anilines is 1. The zero-order chi connectivity index (χ0) is 35.6. The number of carbonyl (C=O) groups is 1. The van der Waals surface area contributed by atoms with E-state index in [0.717, 1.165) is 14.7 Å². The van der Waals surface area contributed by atoms with Crippen LogP contribution in [0.3, 0.4) is 0 Å². The minimum atomic E-state index is -4.89. The lowest BCUT2D eigenvalue weighted by Gasteiger charge is -2.29. The van der Waals surface area contributed by atoms with Crippen LogP contribution in [0.15, 0.2) is 93.9 Å². The molecule has 14 nitrogen and oxygen atoms in total. The first-order valence-corrected chi connectivity index (χ1v) is 16.6. The quantitative estimate of drug-likeness (QED) is 0.117. The van der Waals surface area contributed by atoms with Gasteiger partial charge in [-0.05, 0) is 36.2 Å². The van der Waals surface area contributed by atoms with Crippen LogP contribution in [-0.4, -0.2) is 80.2 Å². The van der Waals surface area contributed by atoms with Gasteiger partial charge in [0.15, 0.2) is 5.58 Å². The molecule has 0 saturated heterocycles. The number of ether oxygens (including phenoxy) is 1. The van der Waals surface area contributed by atoms with Crippen molar-refractivity contribution < 1.29 is 50.9 Å². The number of sulfonamides is 1. The lowest BCUT2D eigenvalue weighted by Crippen LogP contribution is -2.50. The number of nitrogens with zero attached hydrogens (tertiary/aromatic N) is 4. The largest absolute Gasteiger partial charge is 0.444 e. The molecule has 2 atom stereocenters. The van der Waals surface area contributed by atoms with E-state index in [0.29, 0.717) is 11.2 Å². The molecule has 0 radical (unpaired) electrons. The number of rotatable bonds is 12. The smallest absolute Gasteiger partial charge is 0.439 e. The van der Waals surface area contributed by atoms with Crippen LogP contribution in [-0.2, 0) is 34.3 Å². The van der Waals surface area contributed by atoms with Crippen molar-refractivity contribution in [3.63, 3.8) is 0 Å². The van der Waals surface area contributed by atoms with Crippen molar-refractivity contribution >= 4 is 44.6 Å². The Balaban J connectivity index is 0.000000698. The summed E-state index contributed by atoms with van der Waals surface area (Å²) in [5.41, 5.74) is 9.18. The third kappa shape index (κ3) is 10.9. The summed E-state index contributed by atoms with van der Waals surface area (Å²) >= 11 is 1.34. The van der Waals surface area contributed by atoms with Crippen LogP contribution in [0.25, 0.3) is 11.1 Å². The number of aliphatic hydroxyl groups excluding tert-OH is 2.